The second kappa shape index (κ2) is 6.58. The monoisotopic (exact) mass is 389 g/mol. The van der Waals surface area contributed by atoms with Crippen LogP contribution in [0.5, 0.6) is 0 Å². The second-order valence-corrected chi connectivity index (χ2v) is 7.34. The second-order valence-electron chi connectivity index (χ2n) is 6.46. The molecule has 4 heterocycles. The number of thiazole rings is 1. The Bertz CT molecular complexity index is 1280. The lowest BCUT2D eigenvalue weighted by atomic mass is 10.0. The minimum Gasteiger partial charge on any atom is -0.477 e. The quantitative estimate of drug-likeness (QED) is 0.485. The summed E-state index contributed by atoms with van der Waals surface area (Å²) in [6.07, 6.45) is 4.06. The Hall–Kier alpha value is -3.52. The first-order chi connectivity index (χ1) is 13.7. The van der Waals surface area contributed by atoms with Crippen molar-refractivity contribution in [3.05, 3.63) is 53.8 Å². The highest BCUT2D eigenvalue weighted by Gasteiger charge is 2.16. The minimum atomic E-state index is -1.01. The molecule has 1 aromatic carbocycles. The molecule has 0 amide bonds. The summed E-state index contributed by atoms with van der Waals surface area (Å²) in [5, 5.41) is 13.6. The fourth-order valence-electron chi connectivity index (χ4n) is 3.32. The number of carboxylic acid groups (broad SMARTS) is 1. The van der Waals surface area contributed by atoms with Crippen molar-refractivity contribution in [1.82, 2.24) is 15.0 Å². The Morgan fingerprint density at radius 2 is 2.14 bits per heavy atom. The van der Waals surface area contributed by atoms with E-state index in [1.165, 1.54) is 0 Å². The average Bonchev–Trinajstić information content (AvgIpc) is 3.35. The predicted molar refractivity (Wildman–Crippen MR) is 112 cm³/mol. The molecule has 138 valence electrons. The summed E-state index contributed by atoms with van der Waals surface area (Å²) < 4.78 is 1.12. The molecule has 3 N–H and O–H groups in total. The van der Waals surface area contributed by atoms with Crippen molar-refractivity contribution in [2.24, 2.45) is 4.99 Å². The molecule has 1 aliphatic rings. The Kier molecular flexibility index (Phi) is 3.91. The highest BCUT2D eigenvalue weighted by atomic mass is 32.1. The van der Waals surface area contributed by atoms with E-state index < -0.39 is 5.97 Å². The molecule has 0 aliphatic carbocycles. The number of carboxylic acids is 1. The lowest BCUT2D eigenvalue weighted by Crippen LogP contribution is -2.14. The number of hydrogen-bond acceptors (Lipinski definition) is 6. The molecule has 0 unspecified atom stereocenters. The van der Waals surface area contributed by atoms with Crippen molar-refractivity contribution in [3.8, 4) is 0 Å². The maximum atomic E-state index is 11.2. The molecule has 0 bridgehead atoms. The number of hydrogen-bond donors (Lipinski definition) is 3. The Morgan fingerprint density at radius 1 is 1.21 bits per heavy atom. The van der Waals surface area contributed by atoms with E-state index >= 15 is 0 Å². The topological polar surface area (TPSA) is 103 Å². The smallest absolute Gasteiger partial charge is 0.354 e. The van der Waals surface area contributed by atoms with Crippen LogP contribution in [0.25, 0.3) is 26.8 Å². The van der Waals surface area contributed by atoms with Crippen LogP contribution in [0.1, 0.15) is 12.1 Å². The third-order valence-corrected chi connectivity index (χ3v) is 5.47. The molecule has 0 saturated heterocycles. The van der Waals surface area contributed by atoms with Crippen LogP contribution in [0.3, 0.4) is 0 Å². The van der Waals surface area contributed by atoms with E-state index in [0.717, 1.165) is 43.9 Å². The van der Waals surface area contributed by atoms with E-state index in [0.29, 0.717) is 13.0 Å². The van der Waals surface area contributed by atoms with Gasteiger partial charge in [-0.15, -0.1) is 11.3 Å². The summed E-state index contributed by atoms with van der Waals surface area (Å²) in [7, 11) is 0. The number of anilines is 2. The van der Waals surface area contributed by atoms with Crippen molar-refractivity contribution < 1.29 is 9.90 Å². The van der Waals surface area contributed by atoms with Gasteiger partial charge in [0.1, 0.15) is 11.4 Å². The van der Waals surface area contributed by atoms with Crippen molar-refractivity contribution in [3.63, 3.8) is 0 Å². The highest BCUT2D eigenvalue weighted by Crippen LogP contribution is 2.31. The number of aliphatic carboxylic acids is 1. The number of nitrogens with zero attached hydrogens (tertiary/aromatic N) is 3. The van der Waals surface area contributed by atoms with Gasteiger partial charge in [-0.05, 0) is 48.4 Å². The van der Waals surface area contributed by atoms with Crippen LogP contribution < -0.4 is 5.32 Å². The zero-order chi connectivity index (χ0) is 19.1. The largest absolute Gasteiger partial charge is 0.477 e. The lowest BCUT2D eigenvalue weighted by Gasteiger charge is -2.09. The lowest BCUT2D eigenvalue weighted by molar-refractivity contribution is -0.129. The van der Waals surface area contributed by atoms with Gasteiger partial charge in [0.25, 0.3) is 0 Å². The molecular formula is C20H15N5O2S. The van der Waals surface area contributed by atoms with Gasteiger partial charge in [0.15, 0.2) is 0 Å². The fraction of sp³-hybridized carbons (Fsp3) is 0.100. The molecule has 0 fully saturated rings. The van der Waals surface area contributed by atoms with Crippen LogP contribution in [0, 0.1) is 0 Å². The number of H-pyrrole nitrogens is 1. The van der Waals surface area contributed by atoms with E-state index in [-0.39, 0.29) is 5.71 Å². The van der Waals surface area contributed by atoms with Gasteiger partial charge < -0.3 is 15.4 Å². The highest BCUT2D eigenvalue weighted by molar-refractivity contribution is 7.16. The van der Waals surface area contributed by atoms with Gasteiger partial charge in [-0.25, -0.2) is 14.8 Å². The molecule has 0 atom stereocenters. The number of carbonyl (C=O) groups is 1. The zero-order valence-corrected chi connectivity index (χ0v) is 15.5. The van der Waals surface area contributed by atoms with Gasteiger partial charge >= 0.3 is 5.97 Å². The first-order valence-corrected chi connectivity index (χ1v) is 9.62. The number of pyridine rings is 1. The van der Waals surface area contributed by atoms with E-state index in [1.807, 2.05) is 29.8 Å². The van der Waals surface area contributed by atoms with Gasteiger partial charge in [-0.3, -0.25) is 4.99 Å². The molecule has 5 rings (SSSR count). The number of benzene rings is 1. The van der Waals surface area contributed by atoms with E-state index in [2.05, 4.69) is 31.3 Å². The number of aromatic nitrogens is 3. The molecule has 0 saturated carbocycles. The zero-order valence-electron chi connectivity index (χ0n) is 14.6. The fourth-order valence-corrected chi connectivity index (χ4v) is 4.04. The average molecular weight is 389 g/mol. The minimum absolute atomic E-state index is 0.0871. The van der Waals surface area contributed by atoms with E-state index in [9.17, 15) is 9.90 Å². The summed E-state index contributed by atoms with van der Waals surface area (Å²) in [5.74, 6) is -1.01. The van der Waals surface area contributed by atoms with Crippen LogP contribution in [-0.2, 0) is 4.79 Å². The van der Waals surface area contributed by atoms with Crippen LogP contribution in [0.15, 0.2) is 53.1 Å². The SMILES string of the molecule is O=C(O)C1=NCCC(c2cc3c(Nc4ccc5ncsc5c4)ccnc3[nH]2)=C1. The Morgan fingerprint density at radius 3 is 3.04 bits per heavy atom. The van der Waals surface area contributed by atoms with Gasteiger partial charge in [0.05, 0.1) is 21.4 Å². The number of aliphatic imine (C=N–C) groups is 1. The maximum absolute atomic E-state index is 11.2. The number of aromatic amines is 1. The van der Waals surface area contributed by atoms with Crippen LogP contribution in [0.4, 0.5) is 11.4 Å². The van der Waals surface area contributed by atoms with Gasteiger partial charge in [-0.2, -0.15) is 0 Å². The summed E-state index contributed by atoms with van der Waals surface area (Å²) in [4.78, 5) is 27.3. The molecule has 3 aromatic heterocycles. The summed E-state index contributed by atoms with van der Waals surface area (Å²) in [6.45, 7) is 0.468. The number of nitrogens with one attached hydrogen (secondary N) is 2. The molecule has 0 spiro atoms. The summed E-state index contributed by atoms with van der Waals surface area (Å²) in [6, 6.07) is 10.0. The summed E-state index contributed by atoms with van der Waals surface area (Å²) >= 11 is 1.60. The predicted octanol–water partition coefficient (Wildman–Crippen LogP) is 4.23. The standard InChI is InChI=1S/C20H15N5O2S/c26-20(27)17-7-11(3-5-21-17)16-9-13-14(4-6-22-19(13)25-16)24-12-1-2-15-18(8-12)28-10-23-15/h1-2,4,6-10H,3,5H2,(H,26,27)(H2,22,24,25). The molecule has 7 nitrogen and oxygen atoms in total. The maximum Gasteiger partial charge on any atom is 0.354 e. The van der Waals surface area contributed by atoms with E-state index in [1.54, 1.807) is 23.6 Å². The first kappa shape index (κ1) is 16.6. The Balaban J connectivity index is 1.52. The first-order valence-electron chi connectivity index (χ1n) is 8.74. The van der Waals surface area contributed by atoms with Gasteiger partial charge in [0, 0.05) is 29.5 Å². The van der Waals surface area contributed by atoms with Crippen molar-refractivity contribution >= 4 is 61.2 Å². The third kappa shape index (κ3) is 2.93. The molecule has 4 aromatic rings. The van der Waals surface area contributed by atoms with Crippen LogP contribution >= 0.6 is 11.3 Å². The number of fused-ring (bicyclic) bond motifs is 2. The molecular weight excluding hydrogens is 374 g/mol. The third-order valence-electron chi connectivity index (χ3n) is 4.68. The molecule has 8 heteroatoms. The molecule has 0 radical (unpaired) electrons. The van der Waals surface area contributed by atoms with E-state index in [4.69, 9.17) is 0 Å². The number of rotatable bonds is 4. The Labute approximate surface area is 163 Å². The summed E-state index contributed by atoms with van der Waals surface area (Å²) in [5.41, 5.74) is 7.35. The van der Waals surface area contributed by atoms with Crippen molar-refractivity contribution in [1.29, 1.82) is 0 Å². The van der Waals surface area contributed by atoms with Crippen molar-refractivity contribution in [2.75, 3.05) is 11.9 Å². The van der Waals surface area contributed by atoms with Crippen LogP contribution in [0.2, 0.25) is 0 Å². The molecule has 28 heavy (non-hydrogen) atoms. The van der Waals surface area contributed by atoms with Crippen molar-refractivity contribution in [2.45, 2.75) is 6.42 Å². The van der Waals surface area contributed by atoms with Crippen LogP contribution in [-0.4, -0.2) is 38.3 Å². The number of dihydropyridines is 1. The van der Waals surface area contributed by atoms with Gasteiger partial charge in [-0.1, -0.05) is 0 Å². The normalized spacial score (nSPS) is 14.1. The van der Waals surface area contributed by atoms with Gasteiger partial charge in [0.2, 0.25) is 0 Å². The molecule has 1 aliphatic heterocycles.